The van der Waals surface area contributed by atoms with Crippen molar-refractivity contribution < 1.29 is 19.1 Å². The lowest BCUT2D eigenvalue weighted by molar-refractivity contribution is -0.145. The van der Waals surface area contributed by atoms with Crippen LogP contribution in [0.15, 0.2) is 11.8 Å². The average Bonchev–Trinajstić information content (AvgIpc) is 2.74. The lowest BCUT2D eigenvalue weighted by atomic mass is 10.1. The number of hydrogen-bond acceptors (Lipinski definition) is 5. The highest BCUT2D eigenvalue weighted by molar-refractivity contribution is 7.19. The molecule has 0 radical (unpaired) electrons. The number of hydrogen-bond donors (Lipinski definition) is 0. The molecule has 0 N–H and O–H groups in total. The van der Waals surface area contributed by atoms with Gasteiger partial charge in [-0.1, -0.05) is 34.8 Å². The summed E-state index contributed by atoms with van der Waals surface area (Å²) in [5.41, 5.74) is 0. The van der Waals surface area contributed by atoms with Crippen LogP contribution in [0.4, 0.5) is 0 Å². The van der Waals surface area contributed by atoms with E-state index in [2.05, 4.69) is 0 Å². The quantitative estimate of drug-likeness (QED) is 0.376. The minimum Gasteiger partial charge on any atom is -0.501 e. The third-order valence-electron chi connectivity index (χ3n) is 2.70. The van der Waals surface area contributed by atoms with Gasteiger partial charge in [0, 0.05) is 0 Å². The molecule has 0 bridgehead atoms. The maximum Gasteiger partial charge on any atom is 0.312 e. The molecule has 0 saturated heterocycles. The van der Waals surface area contributed by atoms with E-state index in [1.54, 1.807) is 19.9 Å². The molecule has 0 saturated carbocycles. The van der Waals surface area contributed by atoms with Gasteiger partial charge in [-0.05, 0) is 19.9 Å². The Morgan fingerprint density at radius 2 is 1.91 bits per heavy atom. The van der Waals surface area contributed by atoms with Crippen LogP contribution in [0.5, 0.6) is 0 Å². The summed E-state index contributed by atoms with van der Waals surface area (Å²) < 4.78 is 10.3. The Balaban J connectivity index is 2.87. The molecule has 4 nitrogen and oxygen atoms in total. The molecule has 0 amide bonds. The van der Waals surface area contributed by atoms with Crippen molar-refractivity contribution in [2.75, 3.05) is 13.7 Å². The van der Waals surface area contributed by atoms with Crippen molar-refractivity contribution in [3.63, 3.8) is 0 Å². The first-order valence-electron chi connectivity index (χ1n) is 6.39. The third kappa shape index (κ3) is 4.88. The number of carbonyl (C=O) groups is 2. The largest absolute Gasteiger partial charge is 0.501 e. The van der Waals surface area contributed by atoms with Crippen LogP contribution >= 0.6 is 46.1 Å². The SMILES string of the molecule is CCOC(=O)C(C)C=C(CC(=O)c1sc(Cl)c(Cl)c1Cl)OC. The van der Waals surface area contributed by atoms with Gasteiger partial charge in [-0.15, -0.1) is 11.3 Å². The predicted octanol–water partition coefficient (Wildman–Crippen LogP) is 5.01. The Hall–Kier alpha value is -0.750. The van der Waals surface area contributed by atoms with Gasteiger partial charge in [-0.25, -0.2) is 0 Å². The molecule has 122 valence electrons. The molecule has 0 aliphatic carbocycles. The summed E-state index contributed by atoms with van der Waals surface area (Å²) in [7, 11) is 1.42. The van der Waals surface area contributed by atoms with Gasteiger partial charge in [0.15, 0.2) is 5.78 Å². The van der Waals surface area contributed by atoms with Gasteiger partial charge >= 0.3 is 5.97 Å². The van der Waals surface area contributed by atoms with E-state index < -0.39 is 5.92 Å². The van der Waals surface area contributed by atoms with E-state index in [0.29, 0.717) is 12.4 Å². The van der Waals surface area contributed by atoms with Crippen LogP contribution in [0.25, 0.3) is 0 Å². The number of allylic oxidation sites excluding steroid dienone is 1. The third-order valence-corrected chi connectivity index (χ3v) is 5.31. The minimum atomic E-state index is -0.520. The molecule has 1 aromatic heterocycles. The summed E-state index contributed by atoms with van der Waals surface area (Å²) in [5, 5.41) is 0.301. The van der Waals surface area contributed by atoms with Gasteiger partial charge in [0.2, 0.25) is 0 Å². The maximum atomic E-state index is 12.2. The molecule has 0 aliphatic heterocycles. The zero-order valence-corrected chi connectivity index (χ0v) is 15.3. The monoisotopic (exact) mass is 384 g/mol. The molecule has 1 rings (SSSR count). The zero-order valence-electron chi connectivity index (χ0n) is 12.2. The molecule has 1 heterocycles. The summed E-state index contributed by atoms with van der Waals surface area (Å²) >= 11 is 18.7. The first-order chi connectivity index (χ1) is 10.3. The van der Waals surface area contributed by atoms with Crippen LogP contribution < -0.4 is 0 Å². The first kappa shape index (κ1) is 19.3. The number of Topliss-reactive ketones (excluding diaryl/α,β-unsaturated/α-hetero) is 1. The smallest absolute Gasteiger partial charge is 0.312 e. The van der Waals surface area contributed by atoms with E-state index in [1.165, 1.54) is 7.11 Å². The van der Waals surface area contributed by atoms with E-state index in [4.69, 9.17) is 44.3 Å². The molecule has 1 aromatic rings. The van der Waals surface area contributed by atoms with Crippen molar-refractivity contribution in [1.29, 1.82) is 0 Å². The second kappa shape index (κ2) is 8.77. The average molecular weight is 386 g/mol. The molecule has 0 aliphatic rings. The normalized spacial score (nSPS) is 12.9. The zero-order chi connectivity index (χ0) is 16.9. The van der Waals surface area contributed by atoms with Crippen molar-refractivity contribution in [2.45, 2.75) is 20.3 Å². The van der Waals surface area contributed by atoms with Gasteiger partial charge in [-0.2, -0.15) is 0 Å². The number of rotatable bonds is 7. The van der Waals surface area contributed by atoms with E-state index in [0.717, 1.165) is 11.3 Å². The summed E-state index contributed by atoms with van der Waals surface area (Å²) in [5.74, 6) is -0.839. The summed E-state index contributed by atoms with van der Waals surface area (Å²) in [6, 6.07) is 0. The molecule has 1 unspecified atom stereocenters. The van der Waals surface area contributed by atoms with Crippen LogP contribution in [-0.2, 0) is 14.3 Å². The number of carbonyl (C=O) groups excluding carboxylic acids is 2. The van der Waals surface area contributed by atoms with Crippen molar-refractivity contribution in [3.05, 3.63) is 31.1 Å². The van der Waals surface area contributed by atoms with Crippen molar-refractivity contribution in [1.82, 2.24) is 0 Å². The van der Waals surface area contributed by atoms with E-state index in [-0.39, 0.29) is 37.4 Å². The van der Waals surface area contributed by atoms with Gasteiger partial charge in [0.1, 0.15) is 10.1 Å². The van der Waals surface area contributed by atoms with Gasteiger partial charge < -0.3 is 9.47 Å². The van der Waals surface area contributed by atoms with Crippen LogP contribution in [0.2, 0.25) is 14.4 Å². The van der Waals surface area contributed by atoms with Gasteiger partial charge in [0.05, 0.1) is 41.0 Å². The molecule has 0 spiro atoms. The number of methoxy groups -OCH3 is 1. The van der Waals surface area contributed by atoms with Gasteiger partial charge in [-0.3, -0.25) is 9.59 Å². The van der Waals surface area contributed by atoms with Crippen LogP contribution in [0, 0.1) is 5.92 Å². The second-order valence-electron chi connectivity index (χ2n) is 4.31. The highest BCUT2D eigenvalue weighted by Gasteiger charge is 2.22. The highest BCUT2D eigenvalue weighted by Crippen LogP contribution is 2.41. The number of ether oxygens (including phenoxy) is 2. The lowest BCUT2D eigenvalue weighted by Gasteiger charge is -2.09. The highest BCUT2D eigenvalue weighted by atomic mass is 35.5. The fourth-order valence-electron chi connectivity index (χ4n) is 1.60. The van der Waals surface area contributed by atoms with Crippen molar-refractivity contribution in [3.8, 4) is 0 Å². The Bertz CT molecular complexity index is 595. The topological polar surface area (TPSA) is 52.6 Å². The predicted molar refractivity (Wildman–Crippen MR) is 89.2 cm³/mol. The summed E-state index contributed by atoms with van der Waals surface area (Å²) in [6.07, 6.45) is 1.49. The molecule has 8 heteroatoms. The summed E-state index contributed by atoms with van der Waals surface area (Å²) in [6.45, 7) is 3.68. The first-order valence-corrected chi connectivity index (χ1v) is 8.34. The van der Waals surface area contributed by atoms with E-state index in [1.807, 2.05) is 0 Å². The lowest BCUT2D eigenvalue weighted by Crippen LogP contribution is -2.14. The molecule has 0 aromatic carbocycles. The minimum absolute atomic E-state index is 0.0485. The van der Waals surface area contributed by atoms with Crippen LogP contribution in [-0.4, -0.2) is 25.5 Å². The number of ketones is 1. The van der Waals surface area contributed by atoms with Gasteiger partial charge in [0.25, 0.3) is 0 Å². The van der Waals surface area contributed by atoms with Crippen molar-refractivity contribution >= 4 is 57.9 Å². The number of thiophene rings is 1. The van der Waals surface area contributed by atoms with Crippen molar-refractivity contribution in [2.24, 2.45) is 5.92 Å². The Morgan fingerprint density at radius 1 is 1.27 bits per heavy atom. The molecule has 0 fully saturated rings. The van der Waals surface area contributed by atoms with Crippen LogP contribution in [0.3, 0.4) is 0 Å². The maximum absolute atomic E-state index is 12.2. The Morgan fingerprint density at radius 3 is 2.36 bits per heavy atom. The number of esters is 1. The Kier molecular flexibility index (Phi) is 7.69. The second-order valence-corrected chi connectivity index (χ2v) is 6.69. The molecule has 1 atom stereocenters. The summed E-state index contributed by atoms with van der Waals surface area (Å²) in [4.78, 5) is 24.1. The molecular formula is C14H15Cl3O4S. The van der Waals surface area contributed by atoms with E-state index in [9.17, 15) is 9.59 Å². The van der Waals surface area contributed by atoms with E-state index >= 15 is 0 Å². The fourth-order valence-corrected chi connectivity index (χ4v) is 3.36. The Labute approximate surface area is 147 Å². The fraction of sp³-hybridized carbons (Fsp3) is 0.429. The standard InChI is InChI=1S/C14H15Cl3O4S/c1-4-21-14(19)7(2)5-8(20-3)6-9(18)12-10(15)11(16)13(17)22-12/h5,7H,4,6H2,1-3H3. The molecule has 22 heavy (non-hydrogen) atoms. The van der Waals surface area contributed by atoms with Crippen LogP contribution in [0.1, 0.15) is 29.9 Å². The molecular weight excluding hydrogens is 371 g/mol. The number of halogens is 3.